The molecule has 1 aliphatic rings. The van der Waals surface area contributed by atoms with E-state index < -0.39 is 0 Å². The zero-order valence-corrected chi connectivity index (χ0v) is 13.9. The zero-order valence-electron chi connectivity index (χ0n) is 13.1. The average molecular weight is 298 g/mol. The molecule has 4 nitrogen and oxygen atoms in total. The fourth-order valence-corrected chi connectivity index (χ4v) is 2.71. The van der Waals surface area contributed by atoms with Crippen LogP contribution >= 0.6 is 12.2 Å². The lowest BCUT2D eigenvalue weighted by Gasteiger charge is -2.34. The van der Waals surface area contributed by atoms with E-state index in [9.17, 15) is 4.79 Å². The van der Waals surface area contributed by atoms with Crippen molar-refractivity contribution in [3.05, 3.63) is 11.3 Å². The van der Waals surface area contributed by atoms with Crippen LogP contribution in [0.5, 0.6) is 0 Å². The van der Waals surface area contributed by atoms with Crippen molar-refractivity contribution >= 4 is 23.3 Å². The van der Waals surface area contributed by atoms with Crippen LogP contribution in [0.2, 0.25) is 0 Å². The monoisotopic (exact) mass is 298 g/mol. The molecule has 0 aliphatic carbocycles. The van der Waals surface area contributed by atoms with Crippen LogP contribution in [-0.4, -0.2) is 23.7 Å². The van der Waals surface area contributed by atoms with Gasteiger partial charge < -0.3 is 15.4 Å². The Morgan fingerprint density at radius 2 is 1.95 bits per heavy atom. The predicted molar refractivity (Wildman–Crippen MR) is 85.2 cm³/mol. The van der Waals surface area contributed by atoms with Crippen molar-refractivity contribution in [1.82, 2.24) is 10.6 Å². The fourth-order valence-electron chi connectivity index (χ4n) is 2.43. The molecule has 0 amide bonds. The topological polar surface area (TPSA) is 50.4 Å². The number of esters is 1. The Morgan fingerprint density at radius 1 is 1.35 bits per heavy atom. The number of carbonyl (C=O) groups excluding carboxylic acids is 1. The highest BCUT2D eigenvalue weighted by Gasteiger charge is 2.33. The summed E-state index contributed by atoms with van der Waals surface area (Å²) in [5.41, 5.74) is 1.49. The highest BCUT2D eigenvalue weighted by atomic mass is 32.1. The summed E-state index contributed by atoms with van der Waals surface area (Å²) in [6, 6.07) is -0.0570. The maximum Gasteiger partial charge on any atom is 0.337 e. The molecule has 1 atom stereocenters. The number of thiocarbonyl (C=S) groups is 1. The summed E-state index contributed by atoms with van der Waals surface area (Å²) in [6.07, 6.45) is 1.98. The smallest absolute Gasteiger partial charge is 0.337 e. The molecule has 5 heteroatoms. The lowest BCUT2D eigenvalue weighted by molar-refractivity contribution is -0.140. The minimum absolute atomic E-state index is 0.0570. The standard InChI is InChI=1S/C15H26N2O2S/c1-6-11(7-2)13-12(10(5)16-15(20)17-13)14(18)19-8-9(3)4/h9,11,13H,6-8H2,1-5H3,(H2,16,17,20). The van der Waals surface area contributed by atoms with Crippen LogP contribution in [0.4, 0.5) is 0 Å². The third-order valence-corrected chi connectivity index (χ3v) is 3.81. The highest BCUT2D eigenvalue weighted by molar-refractivity contribution is 7.80. The van der Waals surface area contributed by atoms with E-state index in [1.54, 1.807) is 0 Å². The van der Waals surface area contributed by atoms with Crippen molar-refractivity contribution in [3.8, 4) is 0 Å². The van der Waals surface area contributed by atoms with Crippen molar-refractivity contribution in [1.29, 1.82) is 0 Å². The first kappa shape index (κ1) is 17.0. The number of carbonyl (C=O) groups is 1. The minimum atomic E-state index is -0.240. The van der Waals surface area contributed by atoms with Gasteiger partial charge in [0.2, 0.25) is 0 Å². The second-order valence-corrected chi connectivity index (χ2v) is 6.09. The molecule has 1 unspecified atom stereocenters. The van der Waals surface area contributed by atoms with Crippen LogP contribution < -0.4 is 10.6 Å². The first-order valence-electron chi connectivity index (χ1n) is 7.36. The number of hydrogen-bond donors (Lipinski definition) is 2. The normalized spacial score (nSPS) is 19.1. The molecule has 0 fully saturated rings. The van der Waals surface area contributed by atoms with Crippen LogP contribution in [0.1, 0.15) is 47.5 Å². The molecule has 0 saturated carbocycles. The number of ether oxygens (including phenoxy) is 1. The summed E-state index contributed by atoms with van der Waals surface area (Å²) < 4.78 is 5.40. The third-order valence-electron chi connectivity index (χ3n) is 3.59. The van der Waals surface area contributed by atoms with Crippen LogP contribution in [-0.2, 0) is 9.53 Å². The van der Waals surface area contributed by atoms with E-state index in [4.69, 9.17) is 17.0 Å². The Hall–Kier alpha value is -1.10. The molecule has 0 aromatic heterocycles. The molecule has 114 valence electrons. The number of rotatable bonds is 6. The number of hydrogen-bond acceptors (Lipinski definition) is 3. The van der Waals surface area contributed by atoms with Crippen LogP contribution in [0, 0.1) is 11.8 Å². The maximum absolute atomic E-state index is 12.4. The summed E-state index contributed by atoms with van der Waals surface area (Å²) in [7, 11) is 0. The van der Waals surface area contributed by atoms with E-state index in [0.29, 0.717) is 29.1 Å². The molecule has 0 aromatic rings. The van der Waals surface area contributed by atoms with Gasteiger partial charge in [-0.1, -0.05) is 40.5 Å². The van der Waals surface area contributed by atoms with Crippen molar-refractivity contribution < 1.29 is 9.53 Å². The Labute approximate surface area is 127 Å². The molecule has 1 aliphatic heterocycles. The van der Waals surface area contributed by atoms with Crippen LogP contribution in [0.25, 0.3) is 0 Å². The Balaban J connectivity index is 2.98. The Bertz CT molecular complexity index is 401. The highest BCUT2D eigenvalue weighted by Crippen LogP contribution is 2.25. The first-order chi connectivity index (χ1) is 9.40. The van der Waals surface area contributed by atoms with Gasteiger partial charge in [0.05, 0.1) is 18.2 Å². The lowest BCUT2D eigenvalue weighted by Crippen LogP contribution is -2.52. The summed E-state index contributed by atoms with van der Waals surface area (Å²) in [4.78, 5) is 12.4. The zero-order chi connectivity index (χ0) is 15.3. The van der Waals surface area contributed by atoms with Crippen molar-refractivity contribution in [3.63, 3.8) is 0 Å². The van der Waals surface area contributed by atoms with Crippen LogP contribution in [0.3, 0.4) is 0 Å². The molecule has 2 N–H and O–H groups in total. The van der Waals surface area contributed by atoms with E-state index in [1.807, 2.05) is 20.8 Å². The summed E-state index contributed by atoms with van der Waals surface area (Å²) in [6.45, 7) is 10.6. The molecule has 0 aromatic carbocycles. The van der Waals surface area contributed by atoms with Crippen molar-refractivity contribution in [2.24, 2.45) is 11.8 Å². The van der Waals surface area contributed by atoms with Gasteiger partial charge in [-0.2, -0.15) is 0 Å². The van der Waals surface area contributed by atoms with E-state index in [2.05, 4.69) is 24.5 Å². The first-order valence-corrected chi connectivity index (χ1v) is 7.76. The Kier molecular flexibility index (Phi) is 6.46. The molecular formula is C15H26N2O2S. The maximum atomic E-state index is 12.4. The van der Waals surface area contributed by atoms with Gasteiger partial charge in [-0.25, -0.2) is 4.79 Å². The second-order valence-electron chi connectivity index (χ2n) is 5.68. The van der Waals surface area contributed by atoms with E-state index >= 15 is 0 Å². The fraction of sp³-hybridized carbons (Fsp3) is 0.733. The number of nitrogens with one attached hydrogen (secondary N) is 2. The van der Waals surface area contributed by atoms with Gasteiger partial charge in [0.1, 0.15) is 0 Å². The largest absolute Gasteiger partial charge is 0.462 e. The van der Waals surface area contributed by atoms with Gasteiger partial charge in [-0.05, 0) is 31.0 Å². The Morgan fingerprint density at radius 3 is 2.45 bits per heavy atom. The summed E-state index contributed by atoms with van der Waals surface area (Å²) >= 11 is 5.21. The lowest BCUT2D eigenvalue weighted by atomic mass is 9.87. The molecule has 1 heterocycles. The van der Waals surface area contributed by atoms with E-state index in [-0.39, 0.29) is 12.0 Å². The van der Waals surface area contributed by atoms with Gasteiger partial charge in [0.15, 0.2) is 5.11 Å². The quantitative estimate of drug-likeness (QED) is 0.583. The predicted octanol–water partition coefficient (Wildman–Crippen LogP) is 2.74. The van der Waals surface area contributed by atoms with Crippen molar-refractivity contribution in [2.75, 3.05) is 6.61 Å². The summed E-state index contributed by atoms with van der Waals surface area (Å²) in [5.74, 6) is 0.458. The van der Waals surface area contributed by atoms with Gasteiger partial charge in [0, 0.05) is 5.70 Å². The van der Waals surface area contributed by atoms with E-state index in [1.165, 1.54) is 0 Å². The van der Waals surface area contributed by atoms with Gasteiger partial charge in [-0.15, -0.1) is 0 Å². The van der Waals surface area contributed by atoms with E-state index in [0.717, 1.165) is 18.5 Å². The molecule has 20 heavy (non-hydrogen) atoms. The molecule has 0 saturated heterocycles. The second kappa shape index (κ2) is 7.62. The molecule has 0 bridgehead atoms. The number of allylic oxidation sites excluding steroid dienone is 1. The molecule has 1 rings (SSSR count). The minimum Gasteiger partial charge on any atom is -0.462 e. The van der Waals surface area contributed by atoms with Gasteiger partial charge >= 0.3 is 5.97 Å². The molecular weight excluding hydrogens is 272 g/mol. The SMILES string of the molecule is CCC(CC)C1NC(=S)NC(C)=C1C(=O)OCC(C)C. The van der Waals surface area contributed by atoms with Gasteiger partial charge in [0.25, 0.3) is 0 Å². The van der Waals surface area contributed by atoms with Crippen molar-refractivity contribution in [2.45, 2.75) is 53.5 Å². The third kappa shape index (κ3) is 4.20. The van der Waals surface area contributed by atoms with Crippen LogP contribution in [0.15, 0.2) is 11.3 Å². The summed E-state index contributed by atoms with van der Waals surface area (Å²) in [5, 5.41) is 6.84. The molecule has 0 spiro atoms. The average Bonchev–Trinajstić information content (AvgIpc) is 2.36. The van der Waals surface area contributed by atoms with Gasteiger partial charge in [-0.3, -0.25) is 0 Å². The molecule has 0 radical (unpaired) electrons.